The molecule has 2 aromatic rings. The van der Waals surface area contributed by atoms with E-state index in [-0.39, 0.29) is 6.10 Å². The van der Waals surface area contributed by atoms with Crippen molar-refractivity contribution in [1.29, 1.82) is 0 Å². The van der Waals surface area contributed by atoms with Crippen LogP contribution in [0.4, 0.5) is 5.82 Å². The highest BCUT2D eigenvalue weighted by Crippen LogP contribution is 2.22. The van der Waals surface area contributed by atoms with Gasteiger partial charge in [-0.2, -0.15) is 0 Å². The van der Waals surface area contributed by atoms with Crippen LogP contribution in [-0.2, 0) is 4.74 Å². The summed E-state index contributed by atoms with van der Waals surface area (Å²) in [7, 11) is 1.85. The highest BCUT2D eigenvalue weighted by Gasteiger charge is 2.12. The molecular formula is C15H19N3O. The molecule has 1 atom stereocenters. The first-order valence-corrected chi connectivity index (χ1v) is 6.48. The van der Waals surface area contributed by atoms with Crippen molar-refractivity contribution in [2.24, 2.45) is 0 Å². The fraction of sp³-hybridized carbons (Fsp3) is 0.333. The van der Waals surface area contributed by atoms with Crippen LogP contribution >= 0.6 is 0 Å². The van der Waals surface area contributed by atoms with Crippen molar-refractivity contribution >= 4 is 5.82 Å². The highest BCUT2D eigenvalue weighted by molar-refractivity contribution is 5.62. The van der Waals surface area contributed by atoms with Crippen LogP contribution in [0.25, 0.3) is 11.3 Å². The van der Waals surface area contributed by atoms with Crippen LogP contribution in [0.3, 0.4) is 0 Å². The van der Waals surface area contributed by atoms with E-state index in [1.54, 1.807) is 0 Å². The molecule has 0 saturated carbocycles. The lowest BCUT2D eigenvalue weighted by molar-refractivity contribution is 0.0702. The van der Waals surface area contributed by atoms with E-state index in [0.29, 0.717) is 12.4 Å². The molecular weight excluding hydrogens is 238 g/mol. The maximum atomic E-state index is 5.57. The minimum atomic E-state index is -0.110. The van der Waals surface area contributed by atoms with Gasteiger partial charge in [-0.25, -0.2) is 9.97 Å². The fourth-order valence-electron chi connectivity index (χ4n) is 1.86. The quantitative estimate of drug-likeness (QED) is 0.893. The molecule has 1 aromatic carbocycles. The normalized spacial score (nSPS) is 12.2. The zero-order valence-corrected chi connectivity index (χ0v) is 11.6. The zero-order chi connectivity index (χ0) is 13.7. The van der Waals surface area contributed by atoms with E-state index >= 15 is 0 Å². The molecule has 0 radical (unpaired) electrons. The van der Waals surface area contributed by atoms with Crippen molar-refractivity contribution in [3.8, 4) is 11.3 Å². The third-order valence-electron chi connectivity index (χ3n) is 2.85. The van der Waals surface area contributed by atoms with Gasteiger partial charge in [0.05, 0.1) is 5.69 Å². The van der Waals surface area contributed by atoms with Gasteiger partial charge in [0, 0.05) is 25.3 Å². The van der Waals surface area contributed by atoms with Gasteiger partial charge in [-0.15, -0.1) is 0 Å². The molecule has 0 saturated heterocycles. The Balaban J connectivity index is 2.42. The molecule has 0 aliphatic rings. The van der Waals surface area contributed by atoms with Crippen LogP contribution < -0.4 is 5.32 Å². The molecule has 1 heterocycles. The summed E-state index contributed by atoms with van der Waals surface area (Å²) >= 11 is 0. The van der Waals surface area contributed by atoms with Crippen LogP contribution in [0.1, 0.15) is 25.8 Å². The number of nitrogens with zero attached hydrogens (tertiary/aromatic N) is 2. The minimum Gasteiger partial charge on any atom is -0.373 e. The predicted molar refractivity (Wildman–Crippen MR) is 77.1 cm³/mol. The maximum Gasteiger partial charge on any atom is 0.159 e. The third kappa shape index (κ3) is 3.29. The Kier molecular flexibility index (Phi) is 4.47. The molecule has 1 N–H and O–H groups in total. The van der Waals surface area contributed by atoms with E-state index < -0.39 is 0 Å². The van der Waals surface area contributed by atoms with Gasteiger partial charge in [0.25, 0.3) is 0 Å². The summed E-state index contributed by atoms with van der Waals surface area (Å²) in [5.74, 6) is 1.50. The lowest BCUT2D eigenvalue weighted by atomic mass is 10.1. The molecule has 4 nitrogen and oxygen atoms in total. The van der Waals surface area contributed by atoms with E-state index in [2.05, 4.69) is 15.3 Å². The average Bonchev–Trinajstić information content (AvgIpc) is 2.48. The number of ether oxygens (including phenoxy) is 1. The Labute approximate surface area is 113 Å². The van der Waals surface area contributed by atoms with Gasteiger partial charge in [0.15, 0.2) is 5.82 Å². The second kappa shape index (κ2) is 6.29. The molecule has 0 spiro atoms. The summed E-state index contributed by atoms with van der Waals surface area (Å²) in [4.78, 5) is 9.04. The molecule has 2 rings (SSSR count). The Morgan fingerprint density at radius 3 is 2.58 bits per heavy atom. The molecule has 4 heteroatoms. The molecule has 0 fully saturated rings. The number of nitrogens with one attached hydrogen (secondary N) is 1. The standard InChI is InChI=1S/C15H19N3O/c1-4-19-11(2)15-17-13(10-14(16-3)18-15)12-8-6-5-7-9-12/h5-11H,4H2,1-3H3,(H,16,17,18). The van der Waals surface area contributed by atoms with Gasteiger partial charge in [-0.1, -0.05) is 30.3 Å². The monoisotopic (exact) mass is 257 g/mol. The lowest BCUT2D eigenvalue weighted by Gasteiger charge is -2.13. The second-order valence-corrected chi connectivity index (χ2v) is 4.21. The predicted octanol–water partition coefficient (Wildman–Crippen LogP) is 3.28. The Morgan fingerprint density at radius 1 is 1.21 bits per heavy atom. The Hall–Kier alpha value is -1.94. The summed E-state index contributed by atoms with van der Waals surface area (Å²) in [6, 6.07) is 12.0. The fourth-order valence-corrected chi connectivity index (χ4v) is 1.86. The number of rotatable bonds is 5. The van der Waals surface area contributed by atoms with Crippen molar-refractivity contribution in [3.63, 3.8) is 0 Å². The largest absolute Gasteiger partial charge is 0.373 e. The molecule has 0 bridgehead atoms. The molecule has 0 aliphatic heterocycles. The number of anilines is 1. The smallest absolute Gasteiger partial charge is 0.159 e. The number of hydrogen-bond acceptors (Lipinski definition) is 4. The summed E-state index contributed by atoms with van der Waals surface area (Å²) in [6.45, 7) is 4.58. The molecule has 100 valence electrons. The van der Waals surface area contributed by atoms with E-state index in [9.17, 15) is 0 Å². The lowest BCUT2D eigenvalue weighted by Crippen LogP contribution is -2.08. The van der Waals surface area contributed by atoms with Crippen molar-refractivity contribution in [1.82, 2.24) is 9.97 Å². The molecule has 0 aliphatic carbocycles. The first-order valence-electron chi connectivity index (χ1n) is 6.48. The summed E-state index contributed by atoms with van der Waals surface area (Å²) in [5.41, 5.74) is 1.98. The van der Waals surface area contributed by atoms with Crippen LogP contribution in [0.15, 0.2) is 36.4 Å². The number of aromatic nitrogens is 2. The molecule has 0 amide bonds. The van der Waals surface area contributed by atoms with Crippen LogP contribution in [-0.4, -0.2) is 23.6 Å². The van der Waals surface area contributed by atoms with E-state index in [1.807, 2.05) is 57.3 Å². The highest BCUT2D eigenvalue weighted by atomic mass is 16.5. The van der Waals surface area contributed by atoms with E-state index in [4.69, 9.17) is 4.74 Å². The minimum absolute atomic E-state index is 0.110. The van der Waals surface area contributed by atoms with E-state index in [1.165, 1.54) is 0 Å². The summed E-state index contributed by atoms with van der Waals surface area (Å²) in [6.07, 6.45) is -0.110. The first-order chi connectivity index (χ1) is 9.24. The van der Waals surface area contributed by atoms with Crippen LogP contribution in [0.5, 0.6) is 0 Å². The second-order valence-electron chi connectivity index (χ2n) is 4.21. The third-order valence-corrected chi connectivity index (χ3v) is 2.85. The van der Waals surface area contributed by atoms with Crippen molar-refractivity contribution < 1.29 is 4.74 Å². The molecule has 19 heavy (non-hydrogen) atoms. The first kappa shape index (κ1) is 13.5. The Morgan fingerprint density at radius 2 is 1.95 bits per heavy atom. The van der Waals surface area contributed by atoms with Crippen molar-refractivity contribution in [3.05, 3.63) is 42.2 Å². The van der Waals surface area contributed by atoms with Gasteiger partial charge >= 0.3 is 0 Å². The summed E-state index contributed by atoms with van der Waals surface area (Å²) in [5, 5.41) is 3.07. The van der Waals surface area contributed by atoms with Gasteiger partial charge in [0.2, 0.25) is 0 Å². The zero-order valence-electron chi connectivity index (χ0n) is 11.6. The SMILES string of the molecule is CCOC(C)c1nc(NC)cc(-c2ccccc2)n1. The summed E-state index contributed by atoms with van der Waals surface area (Å²) < 4.78 is 5.57. The number of benzene rings is 1. The molecule has 1 aromatic heterocycles. The van der Waals surface area contributed by atoms with Crippen molar-refractivity contribution in [2.75, 3.05) is 19.0 Å². The van der Waals surface area contributed by atoms with Gasteiger partial charge in [-0.05, 0) is 13.8 Å². The number of hydrogen-bond donors (Lipinski definition) is 1. The molecule has 1 unspecified atom stereocenters. The average molecular weight is 257 g/mol. The topological polar surface area (TPSA) is 47.0 Å². The van der Waals surface area contributed by atoms with Crippen LogP contribution in [0, 0.1) is 0 Å². The van der Waals surface area contributed by atoms with Gasteiger partial charge in [0.1, 0.15) is 11.9 Å². The van der Waals surface area contributed by atoms with Gasteiger partial charge in [-0.3, -0.25) is 0 Å². The van der Waals surface area contributed by atoms with Gasteiger partial charge < -0.3 is 10.1 Å². The van der Waals surface area contributed by atoms with E-state index in [0.717, 1.165) is 17.1 Å². The van der Waals surface area contributed by atoms with Crippen LogP contribution in [0.2, 0.25) is 0 Å². The Bertz CT molecular complexity index is 528. The van der Waals surface area contributed by atoms with Crippen molar-refractivity contribution in [2.45, 2.75) is 20.0 Å². The maximum absolute atomic E-state index is 5.57.